The smallest absolute Gasteiger partial charge is 0.322 e. The lowest BCUT2D eigenvalue weighted by atomic mass is 9.92. The first-order valence-electron chi connectivity index (χ1n) is 12.2. The van der Waals surface area contributed by atoms with E-state index in [9.17, 15) is 9.59 Å². The molecule has 2 N–H and O–H groups in total. The number of ether oxygens (including phenoxy) is 2. The third kappa shape index (κ3) is 4.44. The molecule has 2 bridgehead atoms. The number of rotatable bonds is 5. The van der Waals surface area contributed by atoms with Gasteiger partial charge in [0.2, 0.25) is 5.88 Å². The first-order chi connectivity index (χ1) is 17.9. The van der Waals surface area contributed by atoms with Crippen LogP contribution in [0.5, 0.6) is 5.88 Å². The maximum Gasteiger partial charge on any atom is 0.322 e. The topological polar surface area (TPSA) is 109 Å². The van der Waals surface area contributed by atoms with Crippen LogP contribution in [0, 0.1) is 5.82 Å². The van der Waals surface area contributed by atoms with Crippen molar-refractivity contribution in [2.24, 2.45) is 0 Å². The van der Waals surface area contributed by atoms with Crippen LogP contribution in [0.2, 0.25) is 5.02 Å². The van der Waals surface area contributed by atoms with Gasteiger partial charge in [0.1, 0.15) is 11.9 Å². The Bertz CT molecular complexity index is 1410. The number of fused-ring (bicyclic) bond motifs is 4. The molecule has 0 spiro atoms. The Hall–Kier alpha value is -3.50. The van der Waals surface area contributed by atoms with E-state index in [2.05, 4.69) is 20.5 Å². The molecule has 2 amide bonds. The van der Waals surface area contributed by atoms with Crippen LogP contribution in [-0.2, 0) is 11.2 Å². The normalized spacial score (nSPS) is 23.8. The second-order valence-corrected chi connectivity index (χ2v) is 10.1. The van der Waals surface area contributed by atoms with Crippen LogP contribution >= 0.6 is 11.6 Å². The van der Waals surface area contributed by atoms with Crippen molar-refractivity contribution in [2.75, 3.05) is 12.4 Å². The first kappa shape index (κ1) is 23.9. The Labute approximate surface area is 216 Å². The van der Waals surface area contributed by atoms with E-state index in [-0.39, 0.29) is 40.6 Å². The van der Waals surface area contributed by atoms with Gasteiger partial charge in [0, 0.05) is 55.4 Å². The molecule has 9 nitrogen and oxygen atoms in total. The molecule has 2 aliphatic heterocycles. The molecule has 2 aromatic heterocycles. The van der Waals surface area contributed by atoms with Gasteiger partial charge in [-0.25, -0.2) is 19.3 Å². The summed E-state index contributed by atoms with van der Waals surface area (Å²) in [5.74, 6) is -0.125. The summed E-state index contributed by atoms with van der Waals surface area (Å²) in [5.41, 5.74) is 2.36. The van der Waals surface area contributed by atoms with Crippen molar-refractivity contribution in [1.82, 2.24) is 20.1 Å². The number of carbonyl (C=O) groups is 1. The third-order valence-corrected chi connectivity index (χ3v) is 7.76. The minimum Gasteiger partial charge on any atom is -0.474 e. The molecule has 3 aliphatic rings. The van der Waals surface area contributed by atoms with Gasteiger partial charge in [0.25, 0.3) is 5.56 Å². The number of halogens is 2. The number of pyridine rings is 1. The van der Waals surface area contributed by atoms with Gasteiger partial charge in [-0.15, -0.1) is 0 Å². The van der Waals surface area contributed by atoms with E-state index in [0.29, 0.717) is 29.1 Å². The average molecular weight is 526 g/mol. The number of anilines is 1. The van der Waals surface area contributed by atoms with E-state index in [1.54, 1.807) is 36.4 Å². The molecule has 6 rings (SSSR count). The molecular weight excluding hydrogens is 501 g/mol. The number of nitrogens with one attached hydrogen (secondary N) is 2. The van der Waals surface area contributed by atoms with Gasteiger partial charge in [-0.1, -0.05) is 11.6 Å². The Morgan fingerprint density at radius 2 is 2.05 bits per heavy atom. The molecule has 0 unspecified atom stereocenters. The molecule has 11 heteroatoms. The summed E-state index contributed by atoms with van der Waals surface area (Å²) in [5, 5.41) is 9.58. The van der Waals surface area contributed by atoms with Gasteiger partial charge >= 0.3 is 6.03 Å². The lowest BCUT2D eigenvalue weighted by Crippen LogP contribution is -2.45. The Kier molecular flexibility index (Phi) is 6.08. The first-order valence-corrected chi connectivity index (χ1v) is 12.6. The fourth-order valence-electron chi connectivity index (χ4n) is 5.45. The highest BCUT2D eigenvalue weighted by molar-refractivity contribution is 6.33. The summed E-state index contributed by atoms with van der Waals surface area (Å²) < 4.78 is 26.2. The second kappa shape index (κ2) is 9.42. The number of carbonyl (C=O) groups excluding carboxylic acids is 1. The zero-order chi connectivity index (χ0) is 25.7. The van der Waals surface area contributed by atoms with Crippen LogP contribution in [0.4, 0.5) is 14.9 Å². The Morgan fingerprint density at radius 3 is 2.81 bits per heavy atom. The van der Waals surface area contributed by atoms with Crippen molar-refractivity contribution in [2.45, 2.75) is 56.4 Å². The van der Waals surface area contributed by atoms with Crippen molar-refractivity contribution < 1.29 is 18.7 Å². The summed E-state index contributed by atoms with van der Waals surface area (Å²) in [6.07, 6.45) is 5.59. The Balaban J connectivity index is 1.16. The minimum absolute atomic E-state index is 0.0102. The summed E-state index contributed by atoms with van der Waals surface area (Å²) in [6.45, 7) is 0. The molecule has 2 fully saturated rings. The highest BCUT2D eigenvalue weighted by atomic mass is 35.5. The summed E-state index contributed by atoms with van der Waals surface area (Å²) in [6, 6.07) is 6.96. The molecule has 37 heavy (non-hydrogen) atoms. The fourth-order valence-corrected chi connectivity index (χ4v) is 5.72. The van der Waals surface area contributed by atoms with Crippen LogP contribution in [0.15, 0.2) is 41.3 Å². The van der Waals surface area contributed by atoms with E-state index in [1.807, 2.05) is 0 Å². The predicted molar refractivity (Wildman–Crippen MR) is 134 cm³/mol. The molecule has 1 saturated carbocycles. The van der Waals surface area contributed by atoms with Gasteiger partial charge in [-0.05, 0) is 43.0 Å². The molecule has 0 radical (unpaired) electrons. The van der Waals surface area contributed by atoms with E-state index >= 15 is 4.39 Å². The Morgan fingerprint density at radius 1 is 1.22 bits per heavy atom. The molecule has 3 aromatic rings. The van der Waals surface area contributed by atoms with E-state index in [4.69, 9.17) is 21.1 Å². The lowest BCUT2D eigenvalue weighted by molar-refractivity contribution is -0.0396. The average Bonchev–Trinajstić information content (AvgIpc) is 3.18. The molecular formula is C26H25ClFN5O4. The number of urea groups is 1. The second-order valence-electron chi connectivity index (χ2n) is 9.70. The highest BCUT2D eigenvalue weighted by Crippen LogP contribution is 2.43. The number of hydrogen-bond donors (Lipinski definition) is 2. The minimum atomic E-state index is -0.611. The quantitative estimate of drug-likeness (QED) is 0.508. The lowest BCUT2D eigenvalue weighted by Gasteiger charge is -2.35. The SMILES string of the molecule is COC1CC(Oc2ccc(-c3cc(F)c(NC(=O)N4[C@H]5CC[C@@H]4c4n[nH]c(=O)cc4C5)cc3Cl)cn2)C1. The van der Waals surface area contributed by atoms with E-state index < -0.39 is 11.8 Å². The zero-order valence-electron chi connectivity index (χ0n) is 20.0. The van der Waals surface area contributed by atoms with Gasteiger partial charge in [0.15, 0.2) is 0 Å². The number of amides is 2. The van der Waals surface area contributed by atoms with Gasteiger partial charge in [-0.2, -0.15) is 5.10 Å². The van der Waals surface area contributed by atoms with Crippen LogP contribution in [-0.4, -0.2) is 51.5 Å². The number of benzene rings is 1. The van der Waals surface area contributed by atoms with Crippen molar-refractivity contribution in [3.63, 3.8) is 0 Å². The van der Waals surface area contributed by atoms with Crippen molar-refractivity contribution in [1.29, 1.82) is 0 Å². The zero-order valence-corrected chi connectivity index (χ0v) is 20.8. The summed E-state index contributed by atoms with van der Waals surface area (Å²) in [7, 11) is 1.69. The van der Waals surface area contributed by atoms with Crippen LogP contribution in [0.1, 0.15) is 43.0 Å². The van der Waals surface area contributed by atoms with E-state index in [0.717, 1.165) is 31.2 Å². The number of nitrogens with zero attached hydrogens (tertiary/aromatic N) is 3. The number of methoxy groups -OCH3 is 1. The number of hydrogen-bond acceptors (Lipinski definition) is 6. The van der Waals surface area contributed by atoms with Crippen molar-refractivity contribution >= 4 is 23.3 Å². The van der Waals surface area contributed by atoms with Crippen LogP contribution in [0.3, 0.4) is 0 Å². The number of H-pyrrole nitrogens is 1. The molecule has 1 aromatic carbocycles. The summed E-state index contributed by atoms with van der Waals surface area (Å²) >= 11 is 6.50. The van der Waals surface area contributed by atoms with Crippen molar-refractivity contribution in [3.8, 4) is 17.0 Å². The van der Waals surface area contributed by atoms with Crippen molar-refractivity contribution in [3.05, 3.63) is 69.0 Å². The molecule has 1 saturated heterocycles. The standard InChI is InChI=1S/C26H25ClFN5O4/c1-36-16-8-17(9-16)37-24-5-2-13(12-29-24)18-10-20(28)21(11-19(18)27)30-26(35)33-15-3-4-22(33)25-14(6-15)7-23(34)31-32-25/h2,5,7,10-12,15-17,22H,3-4,6,8-9H2,1H3,(H,30,35)(H,31,34)/t15-,16?,17?,22+/m0/s1. The number of aromatic amines is 1. The number of aromatic nitrogens is 3. The van der Waals surface area contributed by atoms with Gasteiger partial charge < -0.3 is 19.7 Å². The summed E-state index contributed by atoms with van der Waals surface area (Å²) in [4.78, 5) is 30.9. The maximum atomic E-state index is 15.1. The van der Waals surface area contributed by atoms with Crippen LogP contribution < -0.4 is 15.6 Å². The third-order valence-electron chi connectivity index (χ3n) is 7.45. The molecule has 4 heterocycles. The molecule has 192 valence electrons. The predicted octanol–water partition coefficient (Wildman–Crippen LogP) is 4.47. The van der Waals surface area contributed by atoms with Gasteiger partial charge in [-0.3, -0.25) is 4.79 Å². The van der Waals surface area contributed by atoms with E-state index in [1.165, 1.54) is 12.1 Å². The monoisotopic (exact) mass is 525 g/mol. The maximum absolute atomic E-state index is 15.1. The van der Waals surface area contributed by atoms with Gasteiger partial charge in [0.05, 0.1) is 28.5 Å². The highest BCUT2D eigenvalue weighted by Gasteiger charge is 2.44. The fraction of sp³-hybridized carbons (Fsp3) is 0.385. The largest absolute Gasteiger partial charge is 0.474 e. The molecule has 2 atom stereocenters. The van der Waals surface area contributed by atoms with Crippen LogP contribution in [0.25, 0.3) is 11.1 Å². The molecule has 1 aliphatic carbocycles.